The van der Waals surface area contributed by atoms with Crippen LogP contribution in [0.25, 0.3) is 0 Å². The van der Waals surface area contributed by atoms with E-state index in [1.54, 1.807) is 12.1 Å². The molecule has 0 bridgehead atoms. The average molecular weight is 420 g/mol. The smallest absolute Gasteiger partial charge is 0.304 e. The predicted octanol–water partition coefficient (Wildman–Crippen LogP) is 3.38. The minimum atomic E-state index is -4.11. The number of carbonyl (C=O) groups is 1. The lowest BCUT2D eigenvalue weighted by Gasteiger charge is -2.27. The van der Waals surface area contributed by atoms with E-state index in [9.17, 15) is 17.6 Å². The van der Waals surface area contributed by atoms with Gasteiger partial charge in [-0.3, -0.25) is 4.79 Å². The second kappa shape index (κ2) is 8.22. The molecule has 0 fully saturated rings. The van der Waals surface area contributed by atoms with Crippen LogP contribution in [0.4, 0.5) is 15.8 Å². The molecular weight excluding hydrogens is 404 g/mol. The standard InChI is InChI=1S/C16H16Cl2FN3O3S/c1-21(2)26(24,25)22(14-9-4-3-7-12(14)19)10-15(23)20-13-8-5-6-11(17)16(13)18/h3-9H,10H2,1-2H3,(H,20,23). The van der Waals surface area contributed by atoms with Crippen LogP contribution >= 0.6 is 23.2 Å². The van der Waals surface area contributed by atoms with Gasteiger partial charge in [-0.15, -0.1) is 0 Å². The van der Waals surface area contributed by atoms with Crippen molar-refractivity contribution in [2.75, 3.05) is 30.3 Å². The summed E-state index contributed by atoms with van der Waals surface area (Å²) in [6.07, 6.45) is 0. The Kier molecular flexibility index (Phi) is 6.46. The molecule has 2 aromatic carbocycles. The summed E-state index contributed by atoms with van der Waals surface area (Å²) in [4.78, 5) is 12.4. The molecule has 0 saturated carbocycles. The molecule has 1 N–H and O–H groups in total. The lowest BCUT2D eigenvalue weighted by molar-refractivity contribution is -0.114. The number of carbonyl (C=O) groups excluding carboxylic acids is 1. The van der Waals surface area contributed by atoms with Gasteiger partial charge in [0, 0.05) is 14.1 Å². The Morgan fingerprint density at radius 1 is 1.12 bits per heavy atom. The fraction of sp³-hybridized carbons (Fsp3) is 0.188. The van der Waals surface area contributed by atoms with Crippen LogP contribution < -0.4 is 9.62 Å². The number of amides is 1. The number of hydrogen-bond acceptors (Lipinski definition) is 3. The summed E-state index contributed by atoms with van der Waals surface area (Å²) in [7, 11) is -1.54. The third-order valence-electron chi connectivity index (χ3n) is 3.37. The zero-order chi connectivity index (χ0) is 19.5. The summed E-state index contributed by atoms with van der Waals surface area (Å²) in [5, 5.41) is 2.83. The Hall–Kier alpha value is -1.87. The summed E-state index contributed by atoms with van der Waals surface area (Å²) in [5.74, 6) is -1.48. The molecule has 0 heterocycles. The molecular formula is C16H16Cl2FN3O3S. The maximum absolute atomic E-state index is 14.1. The number of rotatable bonds is 6. The molecule has 10 heteroatoms. The van der Waals surface area contributed by atoms with Gasteiger partial charge >= 0.3 is 10.2 Å². The van der Waals surface area contributed by atoms with Crippen molar-refractivity contribution in [2.45, 2.75) is 0 Å². The third-order valence-corrected chi connectivity index (χ3v) is 6.00. The first-order chi connectivity index (χ1) is 12.1. The molecule has 0 aliphatic heterocycles. The van der Waals surface area contributed by atoms with E-state index in [1.165, 1.54) is 38.4 Å². The Morgan fingerprint density at radius 3 is 2.38 bits per heavy atom. The predicted molar refractivity (Wildman–Crippen MR) is 101 cm³/mol. The van der Waals surface area contributed by atoms with Crippen LogP contribution in [0, 0.1) is 5.82 Å². The molecule has 0 unspecified atom stereocenters. The van der Waals surface area contributed by atoms with Crippen LogP contribution in [-0.4, -0.2) is 39.3 Å². The number of benzene rings is 2. The molecule has 0 radical (unpaired) electrons. The second-order valence-corrected chi connectivity index (χ2v) is 8.25. The first kappa shape index (κ1) is 20.4. The first-order valence-corrected chi connectivity index (χ1v) is 9.48. The molecule has 0 saturated heterocycles. The molecule has 140 valence electrons. The van der Waals surface area contributed by atoms with E-state index in [2.05, 4.69) is 5.32 Å². The summed E-state index contributed by atoms with van der Waals surface area (Å²) in [6.45, 7) is -0.649. The normalized spacial score (nSPS) is 11.5. The summed E-state index contributed by atoms with van der Waals surface area (Å²) >= 11 is 11.9. The summed E-state index contributed by atoms with van der Waals surface area (Å²) < 4.78 is 40.8. The highest BCUT2D eigenvalue weighted by Crippen LogP contribution is 2.30. The molecule has 0 aliphatic rings. The van der Waals surface area contributed by atoms with Gasteiger partial charge in [0.05, 0.1) is 21.4 Å². The monoisotopic (exact) mass is 419 g/mol. The zero-order valence-corrected chi connectivity index (χ0v) is 16.2. The maximum atomic E-state index is 14.1. The molecule has 26 heavy (non-hydrogen) atoms. The van der Waals surface area contributed by atoms with Crippen LogP contribution in [0.15, 0.2) is 42.5 Å². The lowest BCUT2D eigenvalue weighted by Crippen LogP contribution is -2.44. The van der Waals surface area contributed by atoms with Gasteiger partial charge in [0.2, 0.25) is 5.91 Å². The fourth-order valence-electron chi connectivity index (χ4n) is 2.06. The highest BCUT2D eigenvalue weighted by Gasteiger charge is 2.29. The van der Waals surface area contributed by atoms with Crippen molar-refractivity contribution >= 4 is 50.7 Å². The SMILES string of the molecule is CN(C)S(=O)(=O)N(CC(=O)Nc1cccc(Cl)c1Cl)c1ccccc1F. The molecule has 0 spiro atoms. The van der Waals surface area contributed by atoms with Crippen molar-refractivity contribution in [1.82, 2.24) is 4.31 Å². The Morgan fingerprint density at radius 2 is 1.77 bits per heavy atom. The molecule has 2 rings (SSSR count). The van der Waals surface area contributed by atoms with Gasteiger partial charge in [-0.05, 0) is 24.3 Å². The van der Waals surface area contributed by atoms with Crippen LogP contribution in [0.5, 0.6) is 0 Å². The zero-order valence-electron chi connectivity index (χ0n) is 13.9. The average Bonchev–Trinajstić information content (AvgIpc) is 2.57. The van der Waals surface area contributed by atoms with Crippen LogP contribution in [0.1, 0.15) is 0 Å². The van der Waals surface area contributed by atoms with E-state index in [0.29, 0.717) is 4.31 Å². The minimum Gasteiger partial charge on any atom is -0.323 e. The molecule has 0 aliphatic carbocycles. The number of nitrogens with zero attached hydrogens (tertiary/aromatic N) is 2. The van der Waals surface area contributed by atoms with Gasteiger partial charge < -0.3 is 5.32 Å². The number of nitrogens with one attached hydrogen (secondary N) is 1. The Bertz CT molecular complexity index is 923. The molecule has 1 amide bonds. The van der Waals surface area contributed by atoms with Gasteiger partial charge in [-0.1, -0.05) is 41.4 Å². The number of hydrogen-bond donors (Lipinski definition) is 1. The van der Waals surface area contributed by atoms with Gasteiger partial charge in [0.1, 0.15) is 12.4 Å². The van der Waals surface area contributed by atoms with Gasteiger partial charge in [-0.2, -0.15) is 12.7 Å². The topological polar surface area (TPSA) is 69.7 Å². The number of halogens is 3. The van der Waals surface area contributed by atoms with Crippen molar-refractivity contribution in [2.24, 2.45) is 0 Å². The number of anilines is 2. The fourth-order valence-corrected chi connectivity index (χ4v) is 3.48. The Balaban J connectivity index is 2.34. The Labute approximate surface area is 161 Å². The molecule has 2 aromatic rings. The van der Waals surface area contributed by atoms with Crippen molar-refractivity contribution in [3.63, 3.8) is 0 Å². The summed E-state index contributed by atoms with van der Waals surface area (Å²) in [5.41, 5.74) is -0.0200. The summed E-state index contributed by atoms with van der Waals surface area (Å²) in [6, 6.07) is 9.92. The van der Waals surface area contributed by atoms with Gasteiger partial charge in [-0.25, -0.2) is 8.70 Å². The number of para-hydroxylation sites is 1. The largest absolute Gasteiger partial charge is 0.323 e. The highest BCUT2D eigenvalue weighted by molar-refractivity contribution is 7.90. The van der Waals surface area contributed by atoms with E-state index in [1.807, 2.05) is 0 Å². The lowest BCUT2D eigenvalue weighted by atomic mass is 10.3. The molecule has 0 aromatic heterocycles. The maximum Gasteiger partial charge on any atom is 0.304 e. The van der Waals surface area contributed by atoms with Crippen molar-refractivity contribution in [3.8, 4) is 0 Å². The van der Waals surface area contributed by atoms with E-state index in [-0.39, 0.29) is 21.4 Å². The van der Waals surface area contributed by atoms with E-state index in [0.717, 1.165) is 10.4 Å². The van der Waals surface area contributed by atoms with Crippen molar-refractivity contribution < 1.29 is 17.6 Å². The van der Waals surface area contributed by atoms with E-state index < -0.39 is 28.5 Å². The second-order valence-electron chi connectivity index (χ2n) is 5.40. The van der Waals surface area contributed by atoms with Crippen LogP contribution in [-0.2, 0) is 15.0 Å². The van der Waals surface area contributed by atoms with Crippen molar-refractivity contribution in [3.05, 3.63) is 58.3 Å². The third kappa shape index (κ3) is 4.45. The van der Waals surface area contributed by atoms with E-state index in [4.69, 9.17) is 23.2 Å². The van der Waals surface area contributed by atoms with Crippen molar-refractivity contribution in [1.29, 1.82) is 0 Å². The van der Waals surface area contributed by atoms with Crippen LogP contribution in [0.3, 0.4) is 0 Å². The van der Waals surface area contributed by atoms with E-state index >= 15 is 0 Å². The minimum absolute atomic E-state index is 0.121. The molecule has 6 nitrogen and oxygen atoms in total. The van der Waals surface area contributed by atoms with Gasteiger partial charge in [0.25, 0.3) is 0 Å². The molecule has 0 atom stereocenters. The quantitative estimate of drug-likeness (QED) is 0.779. The first-order valence-electron chi connectivity index (χ1n) is 7.33. The highest BCUT2D eigenvalue weighted by atomic mass is 35.5. The van der Waals surface area contributed by atoms with Crippen LogP contribution in [0.2, 0.25) is 10.0 Å². The van der Waals surface area contributed by atoms with Gasteiger partial charge in [0.15, 0.2) is 0 Å².